The molecule has 1 rings (SSSR count). The molecule has 0 N–H and O–H groups in total. The summed E-state index contributed by atoms with van der Waals surface area (Å²) < 4.78 is 14.8. The van der Waals surface area contributed by atoms with Crippen LogP contribution in [0, 0.1) is 0 Å². The summed E-state index contributed by atoms with van der Waals surface area (Å²) in [7, 11) is 4.64. The van der Waals surface area contributed by atoms with Crippen molar-refractivity contribution in [3.05, 3.63) is 23.7 Å². The number of alkyl halides is 1. The molecule has 0 radical (unpaired) electrons. The third-order valence-corrected chi connectivity index (χ3v) is 3.39. The zero-order valence-electron chi connectivity index (χ0n) is 8.82. The molecule has 0 aromatic carbocycles. The molecular weight excluding hydrogens is 311 g/mol. The summed E-state index contributed by atoms with van der Waals surface area (Å²) in [5.41, 5.74) is 0. The van der Waals surface area contributed by atoms with E-state index in [4.69, 9.17) is 14.2 Å². The quantitative estimate of drug-likeness (QED) is 0.446. The first-order valence-corrected chi connectivity index (χ1v) is 5.40. The van der Waals surface area contributed by atoms with E-state index in [-0.39, 0.29) is 6.10 Å². The van der Waals surface area contributed by atoms with Crippen molar-refractivity contribution in [1.82, 2.24) is 0 Å². The summed E-state index contributed by atoms with van der Waals surface area (Å²) in [6.45, 7) is 0. The number of aldehydes is 1. The van der Waals surface area contributed by atoms with Crippen molar-refractivity contribution >= 4 is 28.9 Å². The van der Waals surface area contributed by atoms with E-state index >= 15 is 0 Å². The van der Waals surface area contributed by atoms with Crippen molar-refractivity contribution in [2.45, 2.75) is 9.53 Å². The first-order valence-electron chi connectivity index (χ1n) is 4.32. The SMILES string of the molecule is COC1=CC(OC)C(I)(C=O)C=C1OC. The summed E-state index contributed by atoms with van der Waals surface area (Å²) in [5.74, 6) is 1.13. The van der Waals surface area contributed by atoms with Gasteiger partial charge in [0, 0.05) is 7.11 Å². The molecule has 15 heavy (non-hydrogen) atoms. The number of halogens is 1. The van der Waals surface area contributed by atoms with Crippen molar-refractivity contribution in [2.75, 3.05) is 21.3 Å². The van der Waals surface area contributed by atoms with Gasteiger partial charge in [-0.25, -0.2) is 0 Å². The van der Waals surface area contributed by atoms with Crippen LogP contribution in [0.3, 0.4) is 0 Å². The highest BCUT2D eigenvalue weighted by Crippen LogP contribution is 2.34. The van der Waals surface area contributed by atoms with Gasteiger partial charge in [0.05, 0.1) is 14.2 Å². The molecule has 84 valence electrons. The second kappa shape index (κ2) is 4.98. The molecule has 5 heteroatoms. The monoisotopic (exact) mass is 324 g/mol. The van der Waals surface area contributed by atoms with E-state index < -0.39 is 3.42 Å². The van der Waals surface area contributed by atoms with Gasteiger partial charge in [0.1, 0.15) is 15.8 Å². The first kappa shape index (κ1) is 12.5. The van der Waals surface area contributed by atoms with Crippen molar-refractivity contribution in [2.24, 2.45) is 0 Å². The minimum atomic E-state index is -0.736. The number of carbonyl (C=O) groups excluding carboxylic acids is 1. The molecule has 0 heterocycles. The molecule has 0 aliphatic heterocycles. The van der Waals surface area contributed by atoms with Crippen LogP contribution in [-0.2, 0) is 19.0 Å². The van der Waals surface area contributed by atoms with E-state index in [2.05, 4.69) is 0 Å². The fourth-order valence-electron chi connectivity index (χ4n) is 1.38. The fourth-order valence-corrected chi connectivity index (χ4v) is 2.10. The molecule has 0 saturated carbocycles. The van der Waals surface area contributed by atoms with Gasteiger partial charge in [0.15, 0.2) is 11.5 Å². The topological polar surface area (TPSA) is 44.8 Å². The number of hydrogen-bond acceptors (Lipinski definition) is 4. The predicted molar refractivity (Wildman–Crippen MR) is 63.8 cm³/mol. The van der Waals surface area contributed by atoms with Gasteiger partial charge in [-0.05, 0) is 12.2 Å². The lowest BCUT2D eigenvalue weighted by atomic mass is 9.97. The molecule has 4 nitrogen and oxygen atoms in total. The van der Waals surface area contributed by atoms with Crippen molar-refractivity contribution < 1.29 is 19.0 Å². The van der Waals surface area contributed by atoms with Crippen LogP contribution in [-0.4, -0.2) is 37.1 Å². The Balaban J connectivity index is 3.11. The van der Waals surface area contributed by atoms with Gasteiger partial charge >= 0.3 is 0 Å². The average Bonchev–Trinajstić information content (AvgIpc) is 2.28. The second-order valence-electron chi connectivity index (χ2n) is 3.05. The van der Waals surface area contributed by atoms with Gasteiger partial charge in [-0.15, -0.1) is 0 Å². The number of ether oxygens (including phenoxy) is 3. The van der Waals surface area contributed by atoms with Crippen LogP contribution < -0.4 is 0 Å². The average molecular weight is 324 g/mol. The van der Waals surface area contributed by atoms with Crippen molar-refractivity contribution in [1.29, 1.82) is 0 Å². The van der Waals surface area contributed by atoms with Crippen LogP contribution in [0.5, 0.6) is 0 Å². The van der Waals surface area contributed by atoms with Crippen molar-refractivity contribution in [3.63, 3.8) is 0 Å². The number of rotatable bonds is 4. The summed E-state index contributed by atoms with van der Waals surface area (Å²) >= 11 is 2.03. The minimum Gasteiger partial charge on any atom is -0.493 e. The minimum absolute atomic E-state index is 0.343. The smallest absolute Gasteiger partial charge is 0.159 e. The molecule has 0 aromatic rings. The molecule has 1 aliphatic carbocycles. The zero-order chi connectivity index (χ0) is 11.5. The number of carbonyl (C=O) groups is 1. The van der Waals surface area contributed by atoms with Gasteiger partial charge in [-0.1, -0.05) is 22.6 Å². The summed E-state index contributed by atoms with van der Waals surface area (Å²) in [4.78, 5) is 11.0. The first-order chi connectivity index (χ1) is 7.11. The Morgan fingerprint density at radius 1 is 1.33 bits per heavy atom. The van der Waals surface area contributed by atoms with E-state index in [1.54, 1.807) is 26.4 Å². The molecular formula is C10H13IO4. The van der Waals surface area contributed by atoms with Gasteiger partial charge in [-0.2, -0.15) is 0 Å². The van der Waals surface area contributed by atoms with Crippen LogP contribution in [0.2, 0.25) is 0 Å². The van der Waals surface area contributed by atoms with E-state index in [1.807, 2.05) is 22.6 Å². The molecule has 1 aliphatic rings. The second-order valence-corrected chi connectivity index (χ2v) is 4.92. The largest absolute Gasteiger partial charge is 0.493 e. The Morgan fingerprint density at radius 3 is 2.33 bits per heavy atom. The lowest BCUT2D eigenvalue weighted by Gasteiger charge is -2.30. The molecule has 0 spiro atoms. The van der Waals surface area contributed by atoms with Crippen molar-refractivity contribution in [3.8, 4) is 0 Å². The standard InChI is InChI=1S/C10H13IO4/c1-13-7-4-9(15-3)10(11,6-12)5-8(7)14-2/h4-6,9H,1-3H3. The summed E-state index contributed by atoms with van der Waals surface area (Å²) in [6, 6.07) is 0. The molecule has 0 fully saturated rings. The Kier molecular flexibility index (Phi) is 4.15. The van der Waals surface area contributed by atoms with E-state index in [9.17, 15) is 4.79 Å². The van der Waals surface area contributed by atoms with Crippen LogP contribution in [0.4, 0.5) is 0 Å². The molecule has 2 unspecified atom stereocenters. The zero-order valence-corrected chi connectivity index (χ0v) is 11.0. The maximum absolute atomic E-state index is 11.0. The maximum atomic E-state index is 11.0. The number of hydrogen-bond donors (Lipinski definition) is 0. The predicted octanol–water partition coefficient (Wildman–Crippen LogP) is 1.45. The molecule has 0 amide bonds. The highest BCUT2D eigenvalue weighted by atomic mass is 127. The summed E-state index contributed by atoms with van der Waals surface area (Å²) in [5, 5.41) is 0. The molecule has 0 bridgehead atoms. The highest BCUT2D eigenvalue weighted by molar-refractivity contribution is 14.1. The summed E-state index contributed by atoms with van der Waals surface area (Å²) in [6.07, 6.45) is 3.93. The lowest BCUT2D eigenvalue weighted by molar-refractivity contribution is -0.110. The maximum Gasteiger partial charge on any atom is 0.159 e. The van der Waals surface area contributed by atoms with E-state index in [1.165, 1.54) is 7.11 Å². The Hall–Kier alpha value is -0.560. The van der Waals surface area contributed by atoms with Crippen LogP contribution >= 0.6 is 22.6 Å². The molecule has 0 aromatic heterocycles. The third-order valence-electron chi connectivity index (χ3n) is 2.21. The normalized spacial score (nSPS) is 30.3. The highest BCUT2D eigenvalue weighted by Gasteiger charge is 2.38. The van der Waals surface area contributed by atoms with Gasteiger partial charge in [-0.3, -0.25) is 0 Å². The van der Waals surface area contributed by atoms with Gasteiger partial charge < -0.3 is 19.0 Å². The Morgan fingerprint density at radius 2 is 1.93 bits per heavy atom. The Labute approximate surface area is 102 Å². The molecule has 2 atom stereocenters. The van der Waals surface area contributed by atoms with Crippen LogP contribution in [0.1, 0.15) is 0 Å². The lowest BCUT2D eigenvalue weighted by Crippen LogP contribution is -2.39. The third kappa shape index (κ3) is 2.34. The van der Waals surface area contributed by atoms with E-state index in [0.29, 0.717) is 11.5 Å². The Bertz CT molecular complexity index is 311. The van der Waals surface area contributed by atoms with Gasteiger partial charge in [0.2, 0.25) is 0 Å². The van der Waals surface area contributed by atoms with Gasteiger partial charge in [0.25, 0.3) is 0 Å². The fraction of sp³-hybridized carbons (Fsp3) is 0.500. The number of methoxy groups -OCH3 is 3. The van der Waals surface area contributed by atoms with E-state index in [0.717, 1.165) is 6.29 Å². The molecule has 0 saturated heterocycles. The van der Waals surface area contributed by atoms with Crippen LogP contribution in [0.25, 0.3) is 0 Å². The van der Waals surface area contributed by atoms with Crippen LogP contribution in [0.15, 0.2) is 23.7 Å².